The van der Waals surface area contributed by atoms with Crippen LogP contribution in [0.25, 0.3) is 16.6 Å². The first-order valence-electron chi connectivity index (χ1n) is 9.41. The van der Waals surface area contributed by atoms with Crippen LogP contribution in [0.1, 0.15) is 5.56 Å². The Bertz CT molecular complexity index is 1210. The van der Waals surface area contributed by atoms with E-state index in [1.165, 1.54) is 48.7 Å². The molecule has 4 rings (SSSR count). The Morgan fingerprint density at radius 3 is 2.31 bits per heavy atom. The lowest BCUT2D eigenvalue weighted by molar-refractivity contribution is -0.256. The van der Waals surface area contributed by atoms with Crippen LogP contribution in [0.5, 0.6) is 0 Å². The fraction of sp³-hybridized carbons (Fsp3) is 0.136. The smallest absolute Gasteiger partial charge is 0.422 e. The second kappa shape index (κ2) is 8.47. The zero-order chi connectivity index (χ0) is 22.9. The van der Waals surface area contributed by atoms with Gasteiger partial charge in [0.2, 0.25) is 0 Å². The van der Waals surface area contributed by atoms with Crippen molar-refractivity contribution in [2.45, 2.75) is 16.7 Å². The Kier molecular flexibility index (Phi) is 5.87. The lowest BCUT2D eigenvalue weighted by atomic mass is 9.94. The Morgan fingerprint density at radius 1 is 1.00 bits per heavy atom. The molecule has 0 saturated carbocycles. The van der Waals surface area contributed by atoms with E-state index < -0.39 is 17.5 Å². The molecule has 32 heavy (non-hydrogen) atoms. The summed E-state index contributed by atoms with van der Waals surface area (Å²) in [6, 6.07) is 18.6. The molecular weight excluding hydrogens is 443 g/mol. The van der Waals surface area contributed by atoms with Gasteiger partial charge in [-0.05, 0) is 54.1 Å². The molecule has 1 atom stereocenters. The number of rotatable bonds is 6. The minimum absolute atomic E-state index is 0.0543. The van der Waals surface area contributed by atoms with Crippen LogP contribution in [0.15, 0.2) is 83.9 Å². The summed E-state index contributed by atoms with van der Waals surface area (Å²) in [4.78, 5) is 0.399. The second-order valence-electron chi connectivity index (χ2n) is 7.08. The number of anilines is 1. The molecule has 0 fully saturated rings. The maximum absolute atomic E-state index is 14.0. The Labute approximate surface area is 185 Å². The van der Waals surface area contributed by atoms with E-state index in [2.05, 4.69) is 5.10 Å². The van der Waals surface area contributed by atoms with Crippen LogP contribution in [-0.2, 0) is 5.60 Å². The van der Waals surface area contributed by atoms with Gasteiger partial charge in [0.15, 0.2) is 5.60 Å². The maximum Gasteiger partial charge on any atom is 0.422 e. The molecule has 0 aliphatic carbocycles. The Balaban J connectivity index is 1.65. The molecule has 4 aromatic rings. The minimum Gasteiger partial charge on any atom is -0.733 e. The monoisotopic (exact) mass is 460 g/mol. The summed E-state index contributed by atoms with van der Waals surface area (Å²) in [6.45, 7) is 0. The van der Waals surface area contributed by atoms with Gasteiger partial charge in [-0.1, -0.05) is 24.3 Å². The molecule has 1 heterocycles. The van der Waals surface area contributed by atoms with E-state index in [0.717, 1.165) is 17.4 Å². The number of alkyl halides is 3. The Morgan fingerprint density at radius 2 is 1.69 bits per heavy atom. The lowest BCUT2D eigenvalue weighted by Crippen LogP contribution is -2.44. The summed E-state index contributed by atoms with van der Waals surface area (Å²) in [5.41, 5.74) is -2.09. The number of para-hydroxylation sites is 1. The third-order valence-corrected chi connectivity index (χ3v) is 6.19. The molecule has 0 radical (unpaired) electrons. The number of halogens is 3. The number of hydrogen-bond acceptors (Lipinski definition) is 6. The van der Waals surface area contributed by atoms with Crippen LogP contribution < -0.4 is 5.23 Å². The first-order valence-corrected chi connectivity index (χ1v) is 10.4. The largest absolute Gasteiger partial charge is 0.733 e. The number of fused-ring (bicyclic) bond motifs is 1. The normalized spacial score (nSPS) is 13.8. The van der Waals surface area contributed by atoms with Crippen LogP contribution in [0.2, 0.25) is 0 Å². The average Bonchev–Trinajstić information content (AvgIpc) is 3.21. The molecule has 1 aromatic heterocycles. The lowest BCUT2D eigenvalue weighted by Gasteiger charge is -2.31. The van der Waals surface area contributed by atoms with Crippen LogP contribution >= 0.6 is 11.8 Å². The highest BCUT2D eigenvalue weighted by atomic mass is 32.2. The van der Waals surface area contributed by atoms with Gasteiger partial charge < -0.3 is 15.5 Å². The molecule has 0 aliphatic rings. The van der Waals surface area contributed by atoms with Crippen molar-refractivity contribution in [1.82, 2.24) is 9.78 Å². The van der Waals surface area contributed by atoms with Crippen molar-refractivity contribution in [2.24, 2.45) is 0 Å². The van der Waals surface area contributed by atoms with Crippen molar-refractivity contribution in [1.29, 1.82) is 0 Å². The molecule has 0 aliphatic heterocycles. The number of aliphatic hydroxyl groups is 1. The van der Waals surface area contributed by atoms with Crippen LogP contribution in [0.4, 0.5) is 18.9 Å². The van der Waals surface area contributed by atoms with E-state index in [4.69, 9.17) is 5.21 Å². The summed E-state index contributed by atoms with van der Waals surface area (Å²) >= 11 is 0.784. The van der Waals surface area contributed by atoms with E-state index in [9.17, 15) is 23.5 Å². The van der Waals surface area contributed by atoms with Crippen molar-refractivity contribution >= 4 is 28.4 Å². The van der Waals surface area contributed by atoms with Gasteiger partial charge in [0.25, 0.3) is 0 Å². The van der Waals surface area contributed by atoms with Crippen molar-refractivity contribution in [2.75, 3.05) is 11.0 Å². The van der Waals surface area contributed by atoms with E-state index in [1.54, 1.807) is 4.68 Å². The van der Waals surface area contributed by atoms with Crippen molar-refractivity contribution in [3.8, 4) is 5.69 Å². The van der Waals surface area contributed by atoms with E-state index in [1.807, 2.05) is 30.3 Å². The Hall–Kier alpha value is -3.05. The van der Waals surface area contributed by atoms with Crippen LogP contribution in [0, 0.1) is 5.21 Å². The zero-order valence-corrected chi connectivity index (χ0v) is 17.2. The minimum atomic E-state index is -4.93. The average molecular weight is 460 g/mol. The fourth-order valence-corrected chi connectivity index (χ4v) is 4.29. The molecule has 0 bridgehead atoms. The summed E-state index contributed by atoms with van der Waals surface area (Å²) in [5.74, 6) is -0.700. The third kappa shape index (κ3) is 4.17. The van der Waals surface area contributed by atoms with Crippen LogP contribution in [0.3, 0.4) is 0 Å². The number of aromatic nitrogens is 2. The van der Waals surface area contributed by atoms with Crippen molar-refractivity contribution in [3.63, 3.8) is 0 Å². The molecule has 0 saturated heterocycles. The topological polar surface area (TPSA) is 84.6 Å². The van der Waals surface area contributed by atoms with Crippen LogP contribution in [-0.4, -0.2) is 32.0 Å². The fourth-order valence-electron chi connectivity index (χ4n) is 3.25. The standard InChI is InChI=1S/C22H17F3N3O3S/c23-22(24,25)21(29,14-32-19-9-7-18(8-10-19)28(30)31)16-6-11-20-15(12-16)13-26-27(20)17-4-2-1-3-5-17/h1-13,29-30H,14H2/q-1. The predicted molar refractivity (Wildman–Crippen MR) is 116 cm³/mol. The van der Waals surface area contributed by atoms with Gasteiger partial charge in [0, 0.05) is 16.0 Å². The highest BCUT2D eigenvalue weighted by molar-refractivity contribution is 7.99. The van der Waals surface area contributed by atoms with E-state index >= 15 is 0 Å². The summed E-state index contributed by atoms with van der Waals surface area (Å²) < 4.78 is 43.5. The van der Waals surface area contributed by atoms with E-state index in [0.29, 0.717) is 15.8 Å². The number of nitrogens with zero attached hydrogens (tertiary/aromatic N) is 3. The number of thioether (sulfide) groups is 1. The summed E-state index contributed by atoms with van der Waals surface area (Å²) in [6.07, 6.45) is -3.47. The molecule has 166 valence electrons. The number of hydrogen-bond donors (Lipinski definition) is 2. The van der Waals surface area contributed by atoms with Gasteiger partial charge in [-0.25, -0.2) is 4.68 Å². The zero-order valence-electron chi connectivity index (χ0n) is 16.4. The van der Waals surface area contributed by atoms with Gasteiger partial charge in [0.1, 0.15) is 0 Å². The molecular formula is C22H17F3N3O3S-. The quantitative estimate of drug-likeness (QED) is 0.302. The van der Waals surface area contributed by atoms with Crippen molar-refractivity contribution in [3.05, 3.63) is 89.8 Å². The molecule has 2 N–H and O–H groups in total. The first-order chi connectivity index (χ1) is 15.2. The van der Waals surface area contributed by atoms with Gasteiger partial charge in [0.05, 0.1) is 23.1 Å². The van der Waals surface area contributed by atoms with Gasteiger partial charge >= 0.3 is 6.18 Å². The molecule has 6 nitrogen and oxygen atoms in total. The molecule has 3 aromatic carbocycles. The first kappa shape index (κ1) is 22.2. The summed E-state index contributed by atoms with van der Waals surface area (Å²) in [5, 5.41) is 34.8. The predicted octanol–water partition coefficient (Wildman–Crippen LogP) is 5.26. The SMILES string of the molecule is [O-]N(O)c1ccc(SCC(O)(c2ccc3c(cnn3-c3ccccc3)c2)C(F)(F)F)cc1. The highest BCUT2D eigenvalue weighted by Crippen LogP contribution is 2.43. The van der Waals surface area contributed by atoms with Gasteiger partial charge in [-0.2, -0.15) is 18.3 Å². The van der Waals surface area contributed by atoms with Gasteiger partial charge in [-0.15, -0.1) is 11.8 Å². The third-order valence-electron chi connectivity index (χ3n) is 5.02. The highest BCUT2D eigenvalue weighted by Gasteiger charge is 2.55. The molecule has 0 amide bonds. The number of benzene rings is 3. The maximum atomic E-state index is 14.0. The molecule has 1 unspecified atom stereocenters. The second-order valence-corrected chi connectivity index (χ2v) is 8.13. The molecule has 10 heteroatoms. The van der Waals surface area contributed by atoms with Gasteiger partial charge in [-0.3, -0.25) is 5.21 Å². The summed E-state index contributed by atoms with van der Waals surface area (Å²) in [7, 11) is 0. The van der Waals surface area contributed by atoms with E-state index in [-0.39, 0.29) is 16.5 Å². The van der Waals surface area contributed by atoms with Crippen molar-refractivity contribution < 1.29 is 23.5 Å². The molecule has 0 spiro atoms.